The van der Waals surface area contributed by atoms with Crippen molar-refractivity contribution >= 4 is 17.2 Å². The molecule has 0 aliphatic rings. The van der Waals surface area contributed by atoms with Crippen LogP contribution in [0.5, 0.6) is 0 Å². The van der Waals surface area contributed by atoms with Crippen molar-refractivity contribution < 1.29 is 9.18 Å². The molecular weight excluding hydrogens is 317 g/mol. The van der Waals surface area contributed by atoms with Gasteiger partial charge in [-0.15, -0.1) is 11.3 Å². The summed E-state index contributed by atoms with van der Waals surface area (Å²) in [6.45, 7) is 1.80. The van der Waals surface area contributed by atoms with Gasteiger partial charge in [0.2, 0.25) is 0 Å². The van der Waals surface area contributed by atoms with Crippen molar-refractivity contribution in [3.63, 3.8) is 0 Å². The van der Waals surface area contributed by atoms with E-state index in [4.69, 9.17) is 0 Å². The summed E-state index contributed by atoms with van der Waals surface area (Å²) in [6, 6.07) is 6.24. The van der Waals surface area contributed by atoms with Crippen LogP contribution >= 0.6 is 11.3 Å². The van der Waals surface area contributed by atoms with Crippen LogP contribution in [0.3, 0.4) is 0 Å². The van der Waals surface area contributed by atoms with Crippen molar-refractivity contribution in [2.75, 3.05) is 0 Å². The molecule has 1 unspecified atom stereocenters. The highest BCUT2D eigenvalue weighted by Gasteiger charge is 2.16. The molecule has 23 heavy (non-hydrogen) atoms. The van der Waals surface area contributed by atoms with Gasteiger partial charge in [-0.25, -0.2) is 14.4 Å². The van der Waals surface area contributed by atoms with Crippen molar-refractivity contribution in [3.8, 4) is 0 Å². The molecule has 6 nitrogen and oxygen atoms in total. The Morgan fingerprint density at radius 2 is 2.26 bits per heavy atom. The van der Waals surface area contributed by atoms with Crippen LogP contribution in [0.4, 0.5) is 4.39 Å². The first-order chi connectivity index (χ1) is 11.1. The third-order valence-corrected chi connectivity index (χ3v) is 4.12. The molecule has 1 amide bonds. The molecule has 0 saturated carbocycles. The van der Waals surface area contributed by atoms with Gasteiger partial charge in [-0.3, -0.25) is 9.89 Å². The number of aromatic amines is 1. The molecule has 1 aromatic carbocycles. The van der Waals surface area contributed by atoms with Gasteiger partial charge in [-0.05, 0) is 18.6 Å². The number of carbonyl (C=O) groups is 1. The smallest absolute Gasteiger partial charge is 0.271 e. The molecule has 0 aliphatic carbocycles. The van der Waals surface area contributed by atoms with Crippen molar-refractivity contribution in [2.24, 2.45) is 0 Å². The van der Waals surface area contributed by atoms with Crippen LogP contribution < -0.4 is 5.32 Å². The van der Waals surface area contributed by atoms with Crippen molar-refractivity contribution in [1.82, 2.24) is 25.5 Å². The van der Waals surface area contributed by atoms with E-state index in [0.717, 1.165) is 0 Å². The van der Waals surface area contributed by atoms with E-state index in [-0.39, 0.29) is 17.8 Å². The van der Waals surface area contributed by atoms with Crippen molar-refractivity contribution in [1.29, 1.82) is 0 Å². The van der Waals surface area contributed by atoms with E-state index in [1.165, 1.54) is 23.7 Å². The highest BCUT2D eigenvalue weighted by molar-refractivity contribution is 7.09. The van der Waals surface area contributed by atoms with Gasteiger partial charge in [0.25, 0.3) is 5.91 Å². The van der Waals surface area contributed by atoms with E-state index in [2.05, 4.69) is 25.5 Å². The van der Waals surface area contributed by atoms with Gasteiger partial charge in [-0.2, -0.15) is 5.10 Å². The number of halogens is 1. The Kier molecular flexibility index (Phi) is 4.42. The summed E-state index contributed by atoms with van der Waals surface area (Å²) in [7, 11) is 0. The zero-order valence-corrected chi connectivity index (χ0v) is 13.1. The van der Waals surface area contributed by atoms with Crippen LogP contribution in [-0.4, -0.2) is 26.1 Å². The first-order valence-corrected chi connectivity index (χ1v) is 7.85. The summed E-state index contributed by atoms with van der Waals surface area (Å²) in [4.78, 5) is 20.4. The second-order valence-corrected chi connectivity index (χ2v) is 5.90. The number of H-pyrrole nitrogens is 1. The highest BCUT2D eigenvalue weighted by Crippen LogP contribution is 2.17. The Labute approximate surface area is 135 Å². The van der Waals surface area contributed by atoms with Crippen LogP contribution in [0.15, 0.2) is 36.0 Å². The number of amides is 1. The van der Waals surface area contributed by atoms with E-state index in [1.807, 2.05) is 0 Å². The third-order valence-electron chi connectivity index (χ3n) is 3.28. The maximum Gasteiger partial charge on any atom is 0.271 e. The standard InChI is InChI=1S/C15H14FN5OS/c1-9(14-17-8-18-21-14)19-15(22)12-7-23-13(20-12)6-10-4-2-3-5-11(10)16/h2-5,7-9H,6H2,1H3,(H,19,22)(H,17,18,21). The molecule has 0 spiro atoms. The minimum Gasteiger partial charge on any atom is -0.341 e. The minimum absolute atomic E-state index is 0.271. The number of nitrogens with one attached hydrogen (secondary N) is 2. The fourth-order valence-corrected chi connectivity index (χ4v) is 2.86. The van der Waals surface area contributed by atoms with Crippen molar-refractivity contribution in [2.45, 2.75) is 19.4 Å². The Bertz CT molecular complexity index is 802. The van der Waals surface area contributed by atoms with Gasteiger partial charge in [0.05, 0.1) is 11.0 Å². The minimum atomic E-state index is -0.304. The summed E-state index contributed by atoms with van der Waals surface area (Å²) in [5.74, 6) is -0.00210. The van der Waals surface area contributed by atoms with Gasteiger partial charge in [0.15, 0.2) is 0 Å². The van der Waals surface area contributed by atoms with Crippen LogP contribution in [-0.2, 0) is 6.42 Å². The fourth-order valence-electron chi connectivity index (χ4n) is 2.06. The normalized spacial score (nSPS) is 12.1. The monoisotopic (exact) mass is 331 g/mol. The highest BCUT2D eigenvalue weighted by atomic mass is 32.1. The molecule has 0 aliphatic heterocycles. The number of nitrogens with zero attached hydrogens (tertiary/aromatic N) is 3. The number of hydrogen-bond donors (Lipinski definition) is 2. The zero-order chi connectivity index (χ0) is 16.2. The Morgan fingerprint density at radius 3 is 3.00 bits per heavy atom. The lowest BCUT2D eigenvalue weighted by molar-refractivity contribution is 0.0934. The number of rotatable bonds is 5. The molecule has 118 valence electrons. The van der Waals surface area contributed by atoms with Gasteiger partial charge in [0, 0.05) is 11.8 Å². The molecule has 0 fully saturated rings. The van der Waals surface area contributed by atoms with E-state index < -0.39 is 0 Å². The van der Waals surface area contributed by atoms with Gasteiger partial charge < -0.3 is 5.32 Å². The maximum atomic E-state index is 13.7. The lowest BCUT2D eigenvalue weighted by atomic mass is 10.1. The van der Waals surface area contributed by atoms with Crippen molar-refractivity contribution in [3.05, 3.63) is 63.9 Å². The van der Waals surface area contributed by atoms with E-state index >= 15 is 0 Å². The molecule has 0 bridgehead atoms. The molecule has 0 radical (unpaired) electrons. The number of aromatic nitrogens is 4. The average Bonchev–Trinajstić information content (AvgIpc) is 3.21. The number of thiazole rings is 1. The van der Waals surface area contributed by atoms with Crippen LogP contribution in [0.25, 0.3) is 0 Å². The molecule has 0 saturated heterocycles. The molecule has 2 N–H and O–H groups in total. The lowest BCUT2D eigenvalue weighted by Gasteiger charge is -2.09. The quantitative estimate of drug-likeness (QED) is 0.752. The predicted molar refractivity (Wildman–Crippen MR) is 83.6 cm³/mol. The maximum absolute atomic E-state index is 13.7. The van der Waals surface area contributed by atoms with Crippen LogP contribution in [0.2, 0.25) is 0 Å². The summed E-state index contributed by atoms with van der Waals surface area (Å²) >= 11 is 1.33. The zero-order valence-electron chi connectivity index (χ0n) is 12.3. The number of benzene rings is 1. The molecular formula is C15H14FN5OS. The SMILES string of the molecule is CC(NC(=O)c1csc(Cc2ccccc2F)n1)c1ncn[nH]1. The largest absolute Gasteiger partial charge is 0.341 e. The molecule has 2 aromatic heterocycles. The summed E-state index contributed by atoms with van der Waals surface area (Å²) in [6.07, 6.45) is 1.75. The second-order valence-electron chi connectivity index (χ2n) is 4.96. The summed E-state index contributed by atoms with van der Waals surface area (Å²) < 4.78 is 13.7. The van der Waals surface area contributed by atoms with E-state index in [9.17, 15) is 9.18 Å². The van der Waals surface area contributed by atoms with Crippen LogP contribution in [0.1, 0.15) is 39.8 Å². The Hall–Kier alpha value is -2.61. The topological polar surface area (TPSA) is 83.6 Å². The van der Waals surface area contributed by atoms with Crippen LogP contribution in [0, 0.1) is 5.82 Å². The summed E-state index contributed by atoms with van der Waals surface area (Å²) in [5.41, 5.74) is 0.872. The first-order valence-electron chi connectivity index (χ1n) is 6.97. The predicted octanol–water partition coefficient (Wildman–Crippen LogP) is 2.48. The third kappa shape index (κ3) is 3.59. The number of carbonyl (C=O) groups excluding carboxylic acids is 1. The Balaban J connectivity index is 1.67. The first kappa shape index (κ1) is 15.3. The number of hydrogen-bond acceptors (Lipinski definition) is 5. The van der Waals surface area contributed by atoms with E-state index in [0.29, 0.717) is 28.5 Å². The molecule has 2 heterocycles. The molecule has 3 rings (SSSR count). The lowest BCUT2D eigenvalue weighted by Crippen LogP contribution is -2.27. The Morgan fingerprint density at radius 1 is 1.43 bits per heavy atom. The van der Waals surface area contributed by atoms with Gasteiger partial charge >= 0.3 is 0 Å². The average molecular weight is 331 g/mol. The molecule has 8 heteroatoms. The van der Waals surface area contributed by atoms with Gasteiger partial charge in [-0.1, -0.05) is 18.2 Å². The summed E-state index contributed by atoms with van der Waals surface area (Å²) in [5, 5.41) is 11.6. The molecule has 3 aromatic rings. The van der Waals surface area contributed by atoms with Gasteiger partial charge in [0.1, 0.15) is 23.7 Å². The second kappa shape index (κ2) is 6.66. The van der Waals surface area contributed by atoms with E-state index in [1.54, 1.807) is 30.5 Å². The fraction of sp³-hybridized carbons (Fsp3) is 0.200. The molecule has 1 atom stereocenters.